The van der Waals surface area contributed by atoms with Crippen LogP contribution < -0.4 is 5.38 Å². The number of Topliss-reactive ketones (excluding diaryl/α,β-unsaturated/α-hetero) is 1. The molecule has 9 nitrogen and oxygen atoms in total. The maximum Gasteiger partial charge on any atom is 0.353 e. The van der Waals surface area contributed by atoms with Gasteiger partial charge in [-0.05, 0) is 19.4 Å². The van der Waals surface area contributed by atoms with Crippen LogP contribution >= 0.6 is 0 Å². The van der Waals surface area contributed by atoms with Crippen LogP contribution in [0.1, 0.15) is 44.4 Å². The van der Waals surface area contributed by atoms with E-state index in [0.29, 0.717) is 10.9 Å². The highest BCUT2D eigenvalue weighted by Crippen LogP contribution is 2.45. The first-order chi connectivity index (χ1) is 17.3. The average molecular weight is 531 g/mol. The Morgan fingerprint density at radius 2 is 1.81 bits per heavy atom. The minimum Gasteiger partial charge on any atom is -0.474 e. The van der Waals surface area contributed by atoms with Gasteiger partial charge in [-0.1, -0.05) is 56.9 Å². The van der Waals surface area contributed by atoms with Gasteiger partial charge in [0, 0.05) is 24.0 Å². The van der Waals surface area contributed by atoms with E-state index >= 15 is 0 Å². The summed E-state index contributed by atoms with van der Waals surface area (Å²) in [6, 6.07) is 9.70. The summed E-state index contributed by atoms with van der Waals surface area (Å²) in [4.78, 5) is 51.9. The van der Waals surface area contributed by atoms with Crippen LogP contribution in [0.15, 0.2) is 47.1 Å². The SMILES string of the molecule is CCOC(=O)[C@@H]1C[C@H](C)C(=O)[C@H](OC(=O)[C@@H](OC(C)=O)c2ccccc2)[C@@]1(O)c1ccoc1[Si](C)(C)C. The van der Waals surface area contributed by atoms with Gasteiger partial charge in [0.1, 0.15) is 13.7 Å². The van der Waals surface area contributed by atoms with E-state index in [0.717, 1.165) is 6.92 Å². The predicted molar refractivity (Wildman–Crippen MR) is 135 cm³/mol. The van der Waals surface area contributed by atoms with Crippen molar-refractivity contribution in [2.75, 3.05) is 6.61 Å². The molecule has 0 unspecified atom stereocenters. The van der Waals surface area contributed by atoms with Crippen molar-refractivity contribution < 1.29 is 42.9 Å². The van der Waals surface area contributed by atoms with Gasteiger partial charge >= 0.3 is 17.9 Å². The van der Waals surface area contributed by atoms with Gasteiger partial charge in [0.05, 0.1) is 24.2 Å². The summed E-state index contributed by atoms with van der Waals surface area (Å²) in [5, 5.41) is 12.8. The van der Waals surface area contributed by atoms with Gasteiger partial charge < -0.3 is 23.7 Å². The van der Waals surface area contributed by atoms with Crippen LogP contribution in [0.5, 0.6) is 0 Å². The van der Waals surface area contributed by atoms with Crippen LogP contribution in [0.25, 0.3) is 0 Å². The van der Waals surface area contributed by atoms with Crippen LogP contribution in [-0.2, 0) is 39.0 Å². The van der Waals surface area contributed by atoms with E-state index < -0.39 is 61.4 Å². The third kappa shape index (κ3) is 5.70. The van der Waals surface area contributed by atoms with Gasteiger partial charge in [-0.2, -0.15) is 0 Å². The van der Waals surface area contributed by atoms with Crippen molar-refractivity contribution in [3.63, 3.8) is 0 Å². The molecule has 0 radical (unpaired) electrons. The second-order valence-corrected chi connectivity index (χ2v) is 15.3. The molecule has 200 valence electrons. The van der Waals surface area contributed by atoms with Gasteiger partial charge in [-0.15, -0.1) is 0 Å². The lowest BCUT2D eigenvalue weighted by molar-refractivity contribution is -0.206. The summed E-state index contributed by atoms with van der Waals surface area (Å²) >= 11 is 0. The maximum atomic E-state index is 13.5. The van der Waals surface area contributed by atoms with E-state index in [1.807, 2.05) is 19.6 Å². The first-order valence-corrected chi connectivity index (χ1v) is 15.8. The Labute approximate surface area is 217 Å². The lowest BCUT2D eigenvalue weighted by Gasteiger charge is -2.45. The lowest BCUT2D eigenvalue weighted by atomic mass is 9.66. The van der Waals surface area contributed by atoms with Crippen molar-refractivity contribution in [3.8, 4) is 0 Å². The monoisotopic (exact) mass is 530 g/mol. The Kier molecular flexibility index (Phi) is 8.44. The molecule has 1 saturated carbocycles. The standard InChI is InChI=1S/C27H34O9Si/c1-7-33-24(30)20-15-16(2)21(29)23(27(20,32)19-13-14-34-26(19)37(4,5)6)36-25(31)22(35-17(3)28)18-11-9-8-10-12-18/h8-14,16,20,22-23,32H,7,15H2,1-6H3/t16-,20-,22-,23-,27+/m0/s1. The third-order valence-corrected chi connectivity index (χ3v) is 8.20. The molecule has 1 N–H and O–H groups in total. The molecular weight excluding hydrogens is 496 g/mol. The number of rotatable bonds is 8. The van der Waals surface area contributed by atoms with E-state index in [-0.39, 0.29) is 18.6 Å². The minimum atomic E-state index is -2.26. The van der Waals surface area contributed by atoms with Crippen molar-refractivity contribution in [1.29, 1.82) is 0 Å². The fraction of sp³-hybridized carbons (Fsp3) is 0.481. The largest absolute Gasteiger partial charge is 0.474 e. The zero-order valence-corrected chi connectivity index (χ0v) is 23.0. The predicted octanol–water partition coefficient (Wildman–Crippen LogP) is 3.02. The van der Waals surface area contributed by atoms with Gasteiger partial charge in [0.25, 0.3) is 0 Å². The molecule has 0 saturated heterocycles. The molecule has 37 heavy (non-hydrogen) atoms. The van der Waals surface area contributed by atoms with Crippen molar-refractivity contribution in [2.45, 2.75) is 64.6 Å². The van der Waals surface area contributed by atoms with Crippen molar-refractivity contribution in [3.05, 3.63) is 53.8 Å². The van der Waals surface area contributed by atoms with E-state index in [2.05, 4.69) is 0 Å². The smallest absolute Gasteiger partial charge is 0.353 e. The number of carbonyl (C=O) groups excluding carboxylic acids is 4. The minimum absolute atomic E-state index is 0.00933. The second-order valence-electron chi connectivity index (χ2n) is 10.3. The Morgan fingerprint density at radius 1 is 1.16 bits per heavy atom. The molecule has 1 fully saturated rings. The number of furan rings is 1. The molecule has 0 amide bonds. The number of aliphatic hydroxyl groups is 1. The molecule has 0 bridgehead atoms. The van der Waals surface area contributed by atoms with Gasteiger partial charge in [-0.25, -0.2) is 4.79 Å². The molecule has 0 spiro atoms. The highest BCUT2D eigenvalue weighted by molar-refractivity contribution is 6.88. The van der Waals surface area contributed by atoms with E-state index in [4.69, 9.17) is 18.6 Å². The molecule has 1 aliphatic carbocycles. The number of benzene rings is 1. The molecule has 5 atom stereocenters. The maximum absolute atomic E-state index is 13.5. The number of esters is 3. The molecule has 1 aromatic heterocycles. The van der Waals surface area contributed by atoms with Crippen LogP contribution in [0.2, 0.25) is 19.6 Å². The molecular formula is C27H34O9Si. The van der Waals surface area contributed by atoms with Gasteiger partial charge in [-0.3, -0.25) is 14.4 Å². The number of ketones is 1. The van der Waals surface area contributed by atoms with E-state index in [1.165, 1.54) is 12.3 Å². The van der Waals surface area contributed by atoms with Crippen LogP contribution in [-0.4, -0.2) is 49.6 Å². The van der Waals surface area contributed by atoms with Crippen molar-refractivity contribution >= 4 is 37.1 Å². The molecule has 1 heterocycles. The Hall–Kier alpha value is -3.24. The fourth-order valence-corrected chi connectivity index (χ4v) is 6.25. The van der Waals surface area contributed by atoms with Gasteiger partial charge in [0.2, 0.25) is 6.10 Å². The Balaban J connectivity index is 2.15. The molecule has 3 rings (SSSR count). The number of ether oxygens (including phenoxy) is 3. The molecule has 0 aliphatic heterocycles. The quantitative estimate of drug-likeness (QED) is 0.311. The van der Waals surface area contributed by atoms with Crippen molar-refractivity contribution in [1.82, 2.24) is 0 Å². The summed E-state index contributed by atoms with van der Waals surface area (Å²) < 4.78 is 22.0. The number of hydrogen-bond acceptors (Lipinski definition) is 9. The van der Waals surface area contributed by atoms with Crippen LogP contribution in [0, 0.1) is 11.8 Å². The fourth-order valence-electron chi connectivity index (χ4n) is 4.73. The Morgan fingerprint density at radius 3 is 2.38 bits per heavy atom. The summed E-state index contributed by atoms with van der Waals surface area (Å²) in [5.74, 6) is -4.99. The highest BCUT2D eigenvalue weighted by Gasteiger charge is 2.61. The van der Waals surface area contributed by atoms with Gasteiger partial charge in [0.15, 0.2) is 11.9 Å². The first kappa shape index (κ1) is 28.3. The lowest BCUT2D eigenvalue weighted by Crippen LogP contribution is -2.62. The number of hydrogen-bond donors (Lipinski definition) is 1. The summed E-state index contributed by atoms with van der Waals surface area (Å²) in [5.41, 5.74) is -1.71. The first-order valence-electron chi connectivity index (χ1n) is 12.3. The summed E-state index contributed by atoms with van der Waals surface area (Å²) in [6.07, 6.45) is -1.87. The zero-order chi connectivity index (χ0) is 27.5. The number of carbonyl (C=O) groups is 4. The zero-order valence-electron chi connectivity index (χ0n) is 22.0. The molecule has 1 aliphatic rings. The van der Waals surface area contributed by atoms with Crippen molar-refractivity contribution in [2.24, 2.45) is 11.8 Å². The van der Waals surface area contributed by atoms with E-state index in [1.54, 1.807) is 44.2 Å². The summed E-state index contributed by atoms with van der Waals surface area (Å²) in [6.45, 7) is 10.4. The average Bonchev–Trinajstić information content (AvgIpc) is 3.34. The third-order valence-electron chi connectivity index (χ3n) is 6.45. The van der Waals surface area contributed by atoms with Crippen LogP contribution in [0.4, 0.5) is 0 Å². The topological polar surface area (TPSA) is 129 Å². The molecule has 2 aromatic rings. The second kappa shape index (κ2) is 11.0. The molecule has 1 aromatic carbocycles. The van der Waals surface area contributed by atoms with E-state index in [9.17, 15) is 24.3 Å². The highest BCUT2D eigenvalue weighted by atomic mass is 28.3. The molecule has 10 heteroatoms. The normalized spacial score (nSPS) is 24.7. The Bertz CT molecular complexity index is 1150. The van der Waals surface area contributed by atoms with Crippen LogP contribution in [0.3, 0.4) is 0 Å². The summed E-state index contributed by atoms with van der Waals surface area (Å²) in [7, 11) is -2.24.